The molecule has 0 spiro atoms. The van der Waals surface area contributed by atoms with Crippen LogP contribution >= 0.6 is 0 Å². The molecule has 1 amide bonds. The minimum Gasteiger partial charge on any atom is -0.349 e. The smallest absolute Gasteiger partial charge is 0.251 e. The molecule has 0 unspecified atom stereocenters. The fourth-order valence-electron chi connectivity index (χ4n) is 2.95. The first-order valence-corrected chi connectivity index (χ1v) is 5.76. The van der Waals surface area contributed by atoms with Crippen LogP contribution in [0.15, 0.2) is 24.3 Å². The maximum atomic E-state index is 11.8. The lowest BCUT2D eigenvalue weighted by atomic mass is 9.76. The highest BCUT2D eigenvalue weighted by atomic mass is 16.1. The summed E-state index contributed by atoms with van der Waals surface area (Å²) in [7, 11) is 0. The van der Waals surface area contributed by atoms with Gasteiger partial charge < -0.3 is 5.32 Å². The van der Waals surface area contributed by atoms with Crippen LogP contribution < -0.4 is 5.32 Å². The molecule has 1 aromatic rings. The van der Waals surface area contributed by atoms with Crippen molar-refractivity contribution in [3.63, 3.8) is 0 Å². The Labute approximate surface area is 89.7 Å². The number of amides is 1. The van der Waals surface area contributed by atoms with Crippen molar-refractivity contribution in [2.75, 3.05) is 0 Å². The van der Waals surface area contributed by atoms with Gasteiger partial charge in [-0.25, -0.2) is 0 Å². The number of carbonyl (C=O) groups excluding carboxylic acids is 1. The van der Waals surface area contributed by atoms with Gasteiger partial charge in [-0.15, -0.1) is 0 Å². The van der Waals surface area contributed by atoms with Gasteiger partial charge in [0.15, 0.2) is 0 Å². The van der Waals surface area contributed by atoms with Gasteiger partial charge in [-0.05, 0) is 24.5 Å². The third-order valence-corrected chi connectivity index (χ3v) is 3.69. The standard InChI is InChI=1S/C13H15NO/c15-13-11-7-2-1-5-9(11)10-6-3-4-8-12(10)14-13/h1-2,5,7,10,12H,3-4,6,8H2,(H,14,15)/t10-,12+/m0/s1. The lowest BCUT2D eigenvalue weighted by molar-refractivity contribution is 0.0901. The molecule has 1 aliphatic heterocycles. The number of fused-ring (bicyclic) bond motifs is 3. The minimum atomic E-state index is 0.119. The summed E-state index contributed by atoms with van der Waals surface area (Å²) in [5, 5.41) is 3.14. The summed E-state index contributed by atoms with van der Waals surface area (Å²) in [6.07, 6.45) is 4.92. The van der Waals surface area contributed by atoms with Gasteiger partial charge in [0.1, 0.15) is 0 Å². The van der Waals surface area contributed by atoms with Crippen molar-refractivity contribution in [3.8, 4) is 0 Å². The van der Waals surface area contributed by atoms with Gasteiger partial charge in [0, 0.05) is 17.5 Å². The molecule has 0 radical (unpaired) electrons. The molecule has 2 atom stereocenters. The first kappa shape index (κ1) is 8.96. The van der Waals surface area contributed by atoms with Crippen molar-refractivity contribution in [3.05, 3.63) is 35.4 Å². The molecule has 78 valence electrons. The molecule has 1 aromatic carbocycles. The van der Waals surface area contributed by atoms with E-state index in [9.17, 15) is 4.79 Å². The van der Waals surface area contributed by atoms with Gasteiger partial charge in [0.2, 0.25) is 0 Å². The van der Waals surface area contributed by atoms with E-state index in [-0.39, 0.29) is 5.91 Å². The number of rotatable bonds is 0. The topological polar surface area (TPSA) is 29.1 Å². The van der Waals surface area contributed by atoms with Crippen LogP contribution in [0.1, 0.15) is 47.5 Å². The molecule has 2 aliphatic rings. The van der Waals surface area contributed by atoms with Crippen molar-refractivity contribution in [2.45, 2.75) is 37.6 Å². The van der Waals surface area contributed by atoms with Gasteiger partial charge in [0.25, 0.3) is 5.91 Å². The maximum Gasteiger partial charge on any atom is 0.251 e. The van der Waals surface area contributed by atoms with Gasteiger partial charge in [0.05, 0.1) is 0 Å². The molecule has 2 nitrogen and oxygen atoms in total. The van der Waals surface area contributed by atoms with Crippen LogP contribution in [0.4, 0.5) is 0 Å². The van der Waals surface area contributed by atoms with Crippen molar-refractivity contribution in [1.29, 1.82) is 0 Å². The summed E-state index contributed by atoms with van der Waals surface area (Å²) in [4.78, 5) is 11.8. The number of carbonyl (C=O) groups is 1. The summed E-state index contributed by atoms with van der Waals surface area (Å²) in [6, 6.07) is 8.44. The molecule has 1 fully saturated rings. The lowest BCUT2D eigenvalue weighted by Gasteiger charge is -2.37. The molecular weight excluding hydrogens is 186 g/mol. The normalized spacial score (nSPS) is 28.9. The average Bonchev–Trinajstić information content (AvgIpc) is 2.30. The second kappa shape index (κ2) is 3.37. The summed E-state index contributed by atoms with van der Waals surface area (Å²) in [5.74, 6) is 0.682. The first-order chi connectivity index (χ1) is 7.36. The van der Waals surface area contributed by atoms with Gasteiger partial charge in [-0.3, -0.25) is 4.79 Å². The highest BCUT2D eigenvalue weighted by Gasteiger charge is 2.34. The molecule has 1 heterocycles. The summed E-state index contributed by atoms with van der Waals surface area (Å²) in [6.45, 7) is 0. The van der Waals surface area contributed by atoms with Crippen LogP contribution in [0.2, 0.25) is 0 Å². The Morgan fingerprint density at radius 2 is 1.93 bits per heavy atom. The lowest BCUT2D eigenvalue weighted by Crippen LogP contribution is -2.45. The van der Waals surface area contributed by atoms with Crippen LogP contribution in [-0.4, -0.2) is 11.9 Å². The van der Waals surface area contributed by atoms with Gasteiger partial charge in [-0.1, -0.05) is 31.0 Å². The SMILES string of the molecule is O=C1N[C@@H]2CCCC[C@H]2c2ccccc21. The molecule has 0 aromatic heterocycles. The van der Waals surface area contributed by atoms with Crippen molar-refractivity contribution in [2.24, 2.45) is 0 Å². The van der Waals surface area contributed by atoms with Crippen LogP contribution in [0.25, 0.3) is 0 Å². The largest absolute Gasteiger partial charge is 0.349 e. The monoisotopic (exact) mass is 201 g/mol. The Kier molecular flexibility index (Phi) is 2.01. The van der Waals surface area contributed by atoms with E-state index in [1.165, 1.54) is 24.8 Å². The predicted molar refractivity (Wildman–Crippen MR) is 58.9 cm³/mol. The van der Waals surface area contributed by atoms with E-state index < -0.39 is 0 Å². The fraction of sp³-hybridized carbons (Fsp3) is 0.462. The Bertz CT molecular complexity index is 399. The molecule has 0 bridgehead atoms. The summed E-state index contributed by atoms with van der Waals surface area (Å²) >= 11 is 0. The fourth-order valence-corrected chi connectivity index (χ4v) is 2.95. The third kappa shape index (κ3) is 1.36. The average molecular weight is 201 g/mol. The zero-order valence-corrected chi connectivity index (χ0v) is 8.70. The van der Waals surface area contributed by atoms with E-state index in [1.54, 1.807) is 0 Å². The Morgan fingerprint density at radius 1 is 1.13 bits per heavy atom. The van der Waals surface area contributed by atoms with E-state index in [0.29, 0.717) is 12.0 Å². The highest BCUT2D eigenvalue weighted by Crippen LogP contribution is 2.37. The second-order valence-corrected chi connectivity index (χ2v) is 4.56. The number of hydrogen-bond acceptors (Lipinski definition) is 1. The van der Waals surface area contributed by atoms with Crippen molar-refractivity contribution in [1.82, 2.24) is 5.32 Å². The quantitative estimate of drug-likeness (QED) is 0.686. The van der Waals surface area contributed by atoms with E-state index in [1.807, 2.05) is 18.2 Å². The highest BCUT2D eigenvalue weighted by molar-refractivity contribution is 5.97. The minimum absolute atomic E-state index is 0.119. The zero-order chi connectivity index (χ0) is 10.3. The molecule has 15 heavy (non-hydrogen) atoms. The Morgan fingerprint density at radius 3 is 2.87 bits per heavy atom. The predicted octanol–water partition coefficient (Wildman–Crippen LogP) is 2.46. The first-order valence-electron chi connectivity index (χ1n) is 5.76. The molecule has 1 aliphatic carbocycles. The summed E-state index contributed by atoms with van der Waals surface area (Å²) < 4.78 is 0. The molecule has 0 saturated heterocycles. The molecule has 3 rings (SSSR count). The van der Waals surface area contributed by atoms with Gasteiger partial charge >= 0.3 is 0 Å². The van der Waals surface area contributed by atoms with E-state index in [4.69, 9.17) is 0 Å². The van der Waals surface area contributed by atoms with Crippen LogP contribution in [0.3, 0.4) is 0 Å². The maximum absolute atomic E-state index is 11.8. The summed E-state index contributed by atoms with van der Waals surface area (Å²) in [5.41, 5.74) is 2.16. The van der Waals surface area contributed by atoms with Crippen LogP contribution in [0, 0.1) is 0 Å². The second-order valence-electron chi connectivity index (χ2n) is 4.56. The van der Waals surface area contributed by atoms with Crippen LogP contribution in [0.5, 0.6) is 0 Å². The van der Waals surface area contributed by atoms with E-state index >= 15 is 0 Å². The molecule has 1 N–H and O–H groups in total. The molecular formula is C13H15NO. The zero-order valence-electron chi connectivity index (χ0n) is 8.70. The van der Waals surface area contributed by atoms with E-state index in [2.05, 4.69) is 11.4 Å². The van der Waals surface area contributed by atoms with Crippen LogP contribution in [-0.2, 0) is 0 Å². The number of nitrogens with one attached hydrogen (secondary N) is 1. The van der Waals surface area contributed by atoms with Gasteiger partial charge in [-0.2, -0.15) is 0 Å². The van der Waals surface area contributed by atoms with Crippen molar-refractivity contribution >= 4 is 5.91 Å². The molecule has 2 heteroatoms. The Hall–Kier alpha value is -1.31. The van der Waals surface area contributed by atoms with E-state index in [0.717, 1.165) is 12.0 Å². The third-order valence-electron chi connectivity index (χ3n) is 3.69. The number of benzene rings is 1. The Balaban J connectivity index is 2.07. The number of hydrogen-bond donors (Lipinski definition) is 1. The van der Waals surface area contributed by atoms with Crippen molar-refractivity contribution < 1.29 is 4.79 Å². The molecule has 1 saturated carbocycles.